The van der Waals surface area contributed by atoms with Gasteiger partial charge in [-0.25, -0.2) is 4.79 Å². The molecule has 28 heavy (non-hydrogen) atoms. The molecule has 1 saturated heterocycles. The van der Waals surface area contributed by atoms with E-state index in [1.54, 1.807) is 49.9 Å². The molecule has 2 rings (SSSR count). The average Bonchev–Trinajstić information content (AvgIpc) is 2.63. The normalized spacial score (nSPS) is 15.1. The van der Waals surface area contributed by atoms with Crippen molar-refractivity contribution in [3.05, 3.63) is 34.9 Å². The highest BCUT2D eigenvalue weighted by Gasteiger charge is 2.24. The van der Waals surface area contributed by atoms with Crippen molar-refractivity contribution in [3.63, 3.8) is 0 Å². The molecule has 0 radical (unpaired) electrons. The second kappa shape index (κ2) is 9.78. The number of carbonyl (C=O) groups is 3. The summed E-state index contributed by atoms with van der Waals surface area (Å²) in [5, 5.41) is 5.94. The van der Waals surface area contributed by atoms with Gasteiger partial charge < -0.3 is 20.3 Å². The fourth-order valence-electron chi connectivity index (χ4n) is 2.93. The number of rotatable bonds is 5. The third kappa shape index (κ3) is 7.38. The lowest BCUT2D eigenvalue weighted by Gasteiger charge is -2.32. The van der Waals surface area contributed by atoms with E-state index in [-0.39, 0.29) is 18.4 Å². The third-order valence-electron chi connectivity index (χ3n) is 4.39. The van der Waals surface area contributed by atoms with Gasteiger partial charge in [-0.05, 0) is 57.7 Å². The zero-order valence-corrected chi connectivity index (χ0v) is 17.3. The zero-order chi connectivity index (χ0) is 20.7. The van der Waals surface area contributed by atoms with Gasteiger partial charge in [0.2, 0.25) is 5.91 Å². The first-order chi connectivity index (χ1) is 13.1. The van der Waals surface area contributed by atoms with E-state index in [1.807, 2.05) is 0 Å². The molecule has 0 unspecified atom stereocenters. The van der Waals surface area contributed by atoms with Gasteiger partial charge in [0.05, 0.1) is 0 Å². The van der Waals surface area contributed by atoms with Crippen LogP contribution in [0, 0.1) is 5.92 Å². The SMILES string of the molecule is CC(C)(C)OC(=O)NCC(=O)N1CCC(CNC(=O)c2cccc(Cl)c2)CC1. The van der Waals surface area contributed by atoms with Gasteiger partial charge in [0.25, 0.3) is 5.91 Å². The molecular formula is C20H28ClN3O4. The summed E-state index contributed by atoms with van der Waals surface area (Å²) in [5.41, 5.74) is -0.0607. The number of hydrogen-bond donors (Lipinski definition) is 2. The molecule has 3 amide bonds. The molecule has 2 N–H and O–H groups in total. The summed E-state index contributed by atoms with van der Waals surface area (Å²) in [7, 11) is 0. The lowest BCUT2D eigenvalue weighted by atomic mass is 9.96. The molecule has 1 aromatic carbocycles. The Bertz CT molecular complexity index is 710. The fourth-order valence-corrected chi connectivity index (χ4v) is 3.12. The number of alkyl carbamates (subject to hydrolysis) is 1. The predicted molar refractivity (Wildman–Crippen MR) is 107 cm³/mol. The van der Waals surface area contributed by atoms with Crippen LogP contribution in [0.4, 0.5) is 4.79 Å². The first kappa shape index (κ1) is 22.0. The smallest absolute Gasteiger partial charge is 0.408 e. The molecule has 7 nitrogen and oxygen atoms in total. The maximum atomic E-state index is 12.2. The molecule has 154 valence electrons. The first-order valence-electron chi connectivity index (χ1n) is 9.42. The molecule has 0 atom stereocenters. The highest BCUT2D eigenvalue weighted by atomic mass is 35.5. The van der Waals surface area contributed by atoms with Gasteiger partial charge in [-0.1, -0.05) is 17.7 Å². The minimum Gasteiger partial charge on any atom is -0.444 e. The Morgan fingerprint density at radius 1 is 1.18 bits per heavy atom. The molecule has 8 heteroatoms. The molecule has 1 aliphatic rings. The van der Waals surface area contributed by atoms with Crippen LogP contribution < -0.4 is 10.6 Å². The molecule has 0 bridgehead atoms. The fraction of sp³-hybridized carbons (Fsp3) is 0.550. The monoisotopic (exact) mass is 409 g/mol. The molecule has 0 spiro atoms. The quantitative estimate of drug-likeness (QED) is 0.782. The van der Waals surface area contributed by atoms with Crippen LogP contribution in [0.1, 0.15) is 44.0 Å². The maximum Gasteiger partial charge on any atom is 0.408 e. The van der Waals surface area contributed by atoms with Crippen LogP contribution in [0.2, 0.25) is 5.02 Å². The minimum absolute atomic E-state index is 0.0783. The molecule has 0 aliphatic carbocycles. The van der Waals surface area contributed by atoms with Gasteiger partial charge in [0.15, 0.2) is 0 Å². The summed E-state index contributed by atoms with van der Waals surface area (Å²) < 4.78 is 5.12. The Kier molecular flexibility index (Phi) is 7.69. The predicted octanol–water partition coefficient (Wildman–Crippen LogP) is 2.83. The lowest BCUT2D eigenvalue weighted by Crippen LogP contribution is -2.46. The van der Waals surface area contributed by atoms with Crippen LogP contribution in [-0.2, 0) is 9.53 Å². The van der Waals surface area contributed by atoms with Crippen molar-refractivity contribution in [1.82, 2.24) is 15.5 Å². The van der Waals surface area contributed by atoms with Gasteiger partial charge in [-0.3, -0.25) is 9.59 Å². The topological polar surface area (TPSA) is 87.7 Å². The molecule has 0 saturated carbocycles. The van der Waals surface area contributed by atoms with Crippen LogP contribution in [0.5, 0.6) is 0 Å². The van der Waals surface area contributed by atoms with Crippen molar-refractivity contribution < 1.29 is 19.1 Å². The van der Waals surface area contributed by atoms with E-state index in [9.17, 15) is 14.4 Å². The van der Waals surface area contributed by atoms with E-state index in [1.165, 1.54) is 0 Å². The number of carbonyl (C=O) groups excluding carboxylic acids is 3. The Morgan fingerprint density at radius 2 is 1.86 bits per heavy atom. The van der Waals surface area contributed by atoms with Crippen molar-refractivity contribution in [2.24, 2.45) is 5.92 Å². The number of hydrogen-bond acceptors (Lipinski definition) is 4. The number of likely N-dealkylation sites (tertiary alicyclic amines) is 1. The number of halogens is 1. The number of ether oxygens (including phenoxy) is 1. The van der Waals surface area contributed by atoms with Crippen LogP contribution in [0.25, 0.3) is 0 Å². The van der Waals surface area contributed by atoms with Gasteiger partial charge in [0.1, 0.15) is 12.1 Å². The van der Waals surface area contributed by atoms with Crippen LogP contribution in [0.3, 0.4) is 0 Å². The Hall–Kier alpha value is -2.28. The number of piperidine rings is 1. The summed E-state index contributed by atoms with van der Waals surface area (Å²) in [6.07, 6.45) is 1.00. The minimum atomic E-state index is -0.598. The van der Waals surface area contributed by atoms with Crippen molar-refractivity contribution in [3.8, 4) is 0 Å². The lowest BCUT2D eigenvalue weighted by molar-refractivity contribution is -0.131. The summed E-state index contributed by atoms with van der Waals surface area (Å²) in [6.45, 7) is 6.99. The Balaban J connectivity index is 1.68. The summed E-state index contributed by atoms with van der Waals surface area (Å²) in [4.78, 5) is 37.8. The standard InChI is InChI=1S/C20H28ClN3O4/c1-20(2,3)28-19(27)23-13-17(25)24-9-7-14(8-10-24)12-22-18(26)15-5-4-6-16(21)11-15/h4-6,11,14H,7-10,12-13H2,1-3H3,(H,22,26)(H,23,27). The van der Waals surface area contributed by atoms with E-state index < -0.39 is 11.7 Å². The van der Waals surface area contributed by atoms with Gasteiger partial charge in [-0.2, -0.15) is 0 Å². The number of amides is 3. The van der Waals surface area contributed by atoms with Gasteiger partial charge in [0, 0.05) is 30.2 Å². The van der Waals surface area contributed by atoms with Crippen LogP contribution in [-0.4, -0.2) is 54.6 Å². The van der Waals surface area contributed by atoms with Crippen molar-refractivity contribution in [2.45, 2.75) is 39.2 Å². The molecule has 1 aromatic rings. The molecule has 1 aliphatic heterocycles. The molecular weight excluding hydrogens is 382 g/mol. The van der Waals surface area contributed by atoms with Crippen molar-refractivity contribution >= 4 is 29.5 Å². The zero-order valence-electron chi connectivity index (χ0n) is 16.6. The van der Waals surface area contributed by atoms with Crippen LogP contribution >= 0.6 is 11.6 Å². The van der Waals surface area contributed by atoms with E-state index in [4.69, 9.17) is 16.3 Å². The first-order valence-corrected chi connectivity index (χ1v) is 9.80. The second-order valence-electron chi connectivity index (χ2n) is 7.90. The van der Waals surface area contributed by atoms with E-state index in [0.717, 1.165) is 12.8 Å². The Morgan fingerprint density at radius 3 is 2.46 bits per heavy atom. The number of benzene rings is 1. The van der Waals surface area contributed by atoms with Gasteiger partial charge >= 0.3 is 6.09 Å². The highest BCUT2D eigenvalue weighted by molar-refractivity contribution is 6.30. The highest BCUT2D eigenvalue weighted by Crippen LogP contribution is 2.17. The van der Waals surface area contributed by atoms with E-state index >= 15 is 0 Å². The Labute approximate surface area is 170 Å². The molecule has 1 heterocycles. The summed E-state index contributed by atoms with van der Waals surface area (Å²) >= 11 is 5.91. The molecule has 1 fully saturated rings. The third-order valence-corrected chi connectivity index (χ3v) is 4.62. The van der Waals surface area contributed by atoms with Gasteiger partial charge in [-0.15, -0.1) is 0 Å². The van der Waals surface area contributed by atoms with E-state index in [2.05, 4.69) is 10.6 Å². The van der Waals surface area contributed by atoms with Crippen molar-refractivity contribution in [2.75, 3.05) is 26.2 Å². The average molecular weight is 410 g/mol. The summed E-state index contributed by atoms with van der Waals surface area (Å²) in [5.74, 6) is 0.0286. The van der Waals surface area contributed by atoms with E-state index in [0.29, 0.717) is 36.1 Å². The maximum absolute atomic E-state index is 12.2. The number of nitrogens with one attached hydrogen (secondary N) is 2. The van der Waals surface area contributed by atoms with Crippen molar-refractivity contribution in [1.29, 1.82) is 0 Å². The largest absolute Gasteiger partial charge is 0.444 e. The second-order valence-corrected chi connectivity index (χ2v) is 8.34. The number of nitrogens with zero attached hydrogens (tertiary/aromatic N) is 1. The van der Waals surface area contributed by atoms with Crippen LogP contribution in [0.15, 0.2) is 24.3 Å². The summed E-state index contributed by atoms with van der Waals surface area (Å²) in [6, 6.07) is 6.82. The molecule has 0 aromatic heterocycles.